The number of sulfone groups is 1. The molecule has 1 atom stereocenters. The average molecular weight is 295 g/mol. The fraction of sp³-hybridized carbons (Fsp3) is 0.818. The summed E-state index contributed by atoms with van der Waals surface area (Å²) < 4.78 is 27.6. The van der Waals surface area contributed by atoms with Gasteiger partial charge in [0.05, 0.1) is 12.4 Å². The van der Waals surface area contributed by atoms with Crippen molar-refractivity contribution in [2.45, 2.75) is 32.2 Å². The van der Waals surface area contributed by atoms with E-state index in [1.165, 1.54) is 7.11 Å². The molecule has 112 valence electrons. The predicted octanol–water partition coefficient (Wildman–Crippen LogP) is -0.193. The first kappa shape index (κ1) is 17.8. The molecule has 0 heterocycles. The van der Waals surface area contributed by atoms with Crippen molar-refractivity contribution in [2.75, 3.05) is 25.2 Å². The number of hydrogen-bond acceptors (Lipinski definition) is 5. The van der Waals surface area contributed by atoms with Crippen LogP contribution in [-0.2, 0) is 24.2 Å². The number of unbranched alkanes of at least 4 members (excludes halogenated alkanes) is 1. The summed E-state index contributed by atoms with van der Waals surface area (Å²) in [6.07, 6.45) is 1.73. The SMILES string of the molecule is CCCCC(NC(=O)CS(=O)(=O)CCOC)C(=O)O. The normalized spacial score (nSPS) is 12.9. The highest BCUT2D eigenvalue weighted by atomic mass is 32.2. The number of carbonyl (C=O) groups is 2. The Balaban J connectivity index is 4.37. The van der Waals surface area contributed by atoms with Crippen molar-refractivity contribution in [3.8, 4) is 0 Å². The van der Waals surface area contributed by atoms with Crippen molar-refractivity contribution in [2.24, 2.45) is 0 Å². The molecule has 0 radical (unpaired) electrons. The van der Waals surface area contributed by atoms with Gasteiger partial charge in [0.25, 0.3) is 0 Å². The van der Waals surface area contributed by atoms with E-state index >= 15 is 0 Å². The molecule has 0 spiro atoms. The van der Waals surface area contributed by atoms with Crippen molar-refractivity contribution < 1.29 is 27.9 Å². The maximum Gasteiger partial charge on any atom is 0.326 e. The molecule has 0 aromatic heterocycles. The summed E-state index contributed by atoms with van der Waals surface area (Å²) in [4.78, 5) is 22.4. The molecule has 1 unspecified atom stereocenters. The molecule has 0 aliphatic carbocycles. The Hall–Kier alpha value is -1.15. The fourth-order valence-corrected chi connectivity index (χ4v) is 2.43. The van der Waals surface area contributed by atoms with Crippen molar-refractivity contribution in [3.05, 3.63) is 0 Å². The lowest BCUT2D eigenvalue weighted by Crippen LogP contribution is -2.43. The number of hydrogen-bond donors (Lipinski definition) is 2. The van der Waals surface area contributed by atoms with Gasteiger partial charge >= 0.3 is 5.97 Å². The average Bonchev–Trinajstić information content (AvgIpc) is 2.31. The van der Waals surface area contributed by atoms with E-state index in [2.05, 4.69) is 10.1 Å². The maximum absolute atomic E-state index is 11.5. The third kappa shape index (κ3) is 8.55. The van der Waals surface area contributed by atoms with E-state index in [4.69, 9.17) is 5.11 Å². The molecule has 0 aromatic rings. The monoisotopic (exact) mass is 295 g/mol. The van der Waals surface area contributed by atoms with Crippen molar-refractivity contribution in [1.29, 1.82) is 0 Å². The second-order valence-electron chi connectivity index (χ2n) is 4.19. The highest BCUT2D eigenvalue weighted by molar-refractivity contribution is 7.92. The Morgan fingerprint density at radius 3 is 2.47 bits per heavy atom. The van der Waals surface area contributed by atoms with Crippen molar-refractivity contribution in [1.82, 2.24) is 5.32 Å². The number of carbonyl (C=O) groups excluding carboxylic acids is 1. The highest BCUT2D eigenvalue weighted by Gasteiger charge is 2.22. The highest BCUT2D eigenvalue weighted by Crippen LogP contribution is 2.01. The van der Waals surface area contributed by atoms with Crippen molar-refractivity contribution in [3.63, 3.8) is 0 Å². The molecule has 1 amide bonds. The van der Waals surface area contributed by atoms with Gasteiger partial charge in [-0.15, -0.1) is 0 Å². The number of carboxylic acids is 1. The first-order valence-corrected chi connectivity index (χ1v) is 7.86. The summed E-state index contributed by atoms with van der Waals surface area (Å²) in [5, 5.41) is 11.1. The molecule has 0 aromatic carbocycles. The van der Waals surface area contributed by atoms with Gasteiger partial charge in [0.15, 0.2) is 9.84 Å². The molecule has 0 aliphatic heterocycles. The van der Waals surface area contributed by atoms with Gasteiger partial charge in [0, 0.05) is 7.11 Å². The van der Waals surface area contributed by atoms with Gasteiger partial charge in [-0.25, -0.2) is 13.2 Å². The molecular weight excluding hydrogens is 274 g/mol. The van der Waals surface area contributed by atoms with Crippen LogP contribution in [0.15, 0.2) is 0 Å². The molecule has 0 saturated carbocycles. The Morgan fingerprint density at radius 1 is 1.37 bits per heavy atom. The number of carboxylic acid groups (broad SMARTS) is 1. The smallest absolute Gasteiger partial charge is 0.326 e. The maximum atomic E-state index is 11.5. The molecular formula is C11H21NO6S. The number of nitrogens with one attached hydrogen (secondary N) is 1. The van der Waals surface area contributed by atoms with Crippen LogP contribution in [0.1, 0.15) is 26.2 Å². The minimum Gasteiger partial charge on any atom is -0.480 e. The number of rotatable bonds is 10. The van der Waals surface area contributed by atoms with Gasteiger partial charge in [0.2, 0.25) is 5.91 Å². The van der Waals surface area contributed by atoms with Crippen LogP contribution in [0.3, 0.4) is 0 Å². The molecule has 19 heavy (non-hydrogen) atoms. The molecule has 7 nitrogen and oxygen atoms in total. The molecule has 2 N–H and O–H groups in total. The molecule has 0 rings (SSSR count). The lowest BCUT2D eigenvalue weighted by Gasteiger charge is -2.14. The summed E-state index contributed by atoms with van der Waals surface area (Å²) in [7, 11) is -2.20. The fourth-order valence-electron chi connectivity index (χ4n) is 1.38. The second kappa shape index (κ2) is 8.87. The number of amides is 1. The predicted molar refractivity (Wildman–Crippen MR) is 69.6 cm³/mol. The first-order chi connectivity index (χ1) is 8.82. The third-order valence-corrected chi connectivity index (χ3v) is 3.92. The van der Waals surface area contributed by atoms with Crippen LogP contribution in [0.4, 0.5) is 0 Å². The van der Waals surface area contributed by atoms with Gasteiger partial charge in [-0.1, -0.05) is 19.8 Å². The number of methoxy groups -OCH3 is 1. The first-order valence-electron chi connectivity index (χ1n) is 6.04. The summed E-state index contributed by atoms with van der Waals surface area (Å²) in [6, 6.07) is -1.04. The Morgan fingerprint density at radius 2 is 2.00 bits per heavy atom. The zero-order chi connectivity index (χ0) is 14.9. The number of ether oxygens (including phenoxy) is 1. The van der Waals surface area contributed by atoms with Crippen LogP contribution in [-0.4, -0.2) is 56.7 Å². The summed E-state index contributed by atoms with van der Waals surface area (Å²) in [5.41, 5.74) is 0. The third-order valence-electron chi connectivity index (χ3n) is 2.43. The van der Waals surface area contributed by atoms with E-state index in [0.29, 0.717) is 6.42 Å². The van der Waals surface area contributed by atoms with E-state index in [1.54, 1.807) is 0 Å². The van der Waals surface area contributed by atoms with Gasteiger partial charge in [-0.05, 0) is 6.42 Å². The van der Waals surface area contributed by atoms with Crippen LogP contribution in [0.2, 0.25) is 0 Å². The van der Waals surface area contributed by atoms with E-state index in [0.717, 1.165) is 6.42 Å². The van der Waals surface area contributed by atoms with Crippen LogP contribution < -0.4 is 5.32 Å². The van der Waals surface area contributed by atoms with Crippen LogP contribution >= 0.6 is 0 Å². The van der Waals surface area contributed by atoms with E-state index in [1.807, 2.05) is 6.92 Å². The Bertz CT molecular complexity index is 392. The minimum absolute atomic E-state index is 0.00775. The van der Waals surface area contributed by atoms with Gasteiger partial charge in [-0.3, -0.25) is 4.79 Å². The quantitative estimate of drug-likeness (QED) is 0.578. The van der Waals surface area contributed by atoms with Crippen molar-refractivity contribution >= 4 is 21.7 Å². The topological polar surface area (TPSA) is 110 Å². The summed E-state index contributed by atoms with van der Waals surface area (Å²) in [6.45, 7) is 1.91. The molecule has 0 bridgehead atoms. The van der Waals surface area contributed by atoms with Crippen LogP contribution in [0, 0.1) is 0 Å². The molecule has 8 heteroatoms. The lowest BCUT2D eigenvalue weighted by atomic mass is 10.1. The largest absolute Gasteiger partial charge is 0.480 e. The number of aliphatic carboxylic acids is 1. The zero-order valence-corrected chi connectivity index (χ0v) is 12.0. The van der Waals surface area contributed by atoms with Crippen LogP contribution in [0.5, 0.6) is 0 Å². The Kier molecular flexibility index (Phi) is 8.33. The van der Waals surface area contributed by atoms with E-state index in [-0.39, 0.29) is 18.8 Å². The van der Waals surface area contributed by atoms with E-state index < -0.39 is 33.5 Å². The van der Waals surface area contributed by atoms with Gasteiger partial charge < -0.3 is 15.2 Å². The lowest BCUT2D eigenvalue weighted by molar-refractivity contribution is -0.141. The molecule has 0 aliphatic rings. The van der Waals surface area contributed by atoms with Gasteiger partial charge in [0.1, 0.15) is 11.8 Å². The molecule has 0 fully saturated rings. The van der Waals surface area contributed by atoms with Crippen LogP contribution in [0.25, 0.3) is 0 Å². The summed E-state index contributed by atoms with van der Waals surface area (Å²) >= 11 is 0. The standard InChI is InChI=1S/C11H21NO6S/c1-3-4-5-9(11(14)15)12-10(13)8-19(16,17)7-6-18-2/h9H,3-8H2,1-2H3,(H,12,13)(H,14,15). The summed E-state index contributed by atoms with van der Waals surface area (Å²) in [5.74, 6) is -2.92. The van der Waals surface area contributed by atoms with E-state index in [9.17, 15) is 18.0 Å². The Labute approximate surface area is 113 Å². The second-order valence-corrected chi connectivity index (χ2v) is 6.37. The van der Waals surface area contributed by atoms with Gasteiger partial charge in [-0.2, -0.15) is 0 Å². The molecule has 0 saturated heterocycles. The zero-order valence-electron chi connectivity index (χ0n) is 11.2. The minimum atomic E-state index is -3.56.